The molecule has 3 rings (SSSR count). The quantitative estimate of drug-likeness (QED) is 0.516. The molecule has 7 atom stereocenters. The molecule has 0 aromatic carbocycles. The molecule has 2 N–H and O–H groups in total. The lowest BCUT2D eigenvalue weighted by atomic mass is 9.70. The molecule has 30 heavy (non-hydrogen) atoms. The van der Waals surface area contributed by atoms with Gasteiger partial charge in [0.15, 0.2) is 0 Å². The third-order valence-corrected chi connectivity index (χ3v) is 7.18. The van der Waals surface area contributed by atoms with Crippen LogP contribution in [0.15, 0.2) is 12.7 Å². The topological polar surface area (TPSA) is 107 Å². The van der Waals surface area contributed by atoms with Crippen molar-refractivity contribution in [3.8, 4) is 0 Å². The molecule has 8 nitrogen and oxygen atoms in total. The molecule has 0 saturated carbocycles. The molecule has 1 spiro atoms. The Hall–Kier alpha value is -1.93. The average Bonchev–Trinajstić information content (AvgIpc) is 3.35. The van der Waals surface area contributed by atoms with Gasteiger partial charge in [0, 0.05) is 12.6 Å². The number of aliphatic carboxylic acids is 1. The van der Waals surface area contributed by atoms with Crippen molar-refractivity contribution in [1.82, 2.24) is 9.80 Å². The van der Waals surface area contributed by atoms with E-state index in [2.05, 4.69) is 6.58 Å². The third-order valence-electron chi connectivity index (χ3n) is 7.18. The molecule has 0 aliphatic carbocycles. The highest BCUT2D eigenvalue weighted by atomic mass is 16.5. The molecule has 3 saturated heterocycles. The number of carboxylic acid groups (broad SMARTS) is 1. The molecule has 0 aromatic rings. The van der Waals surface area contributed by atoms with Crippen LogP contribution in [0.5, 0.6) is 0 Å². The second kappa shape index (κ2) is 8.67. The number of fused-ring (bicyclic) bond motifs is 1. The number of aliphatic hydroxyl groups excluding tert-OH is 1. The van der Waals surface area contributed by atoms with Gasteiger partial charge in [0.1, 0.15) is 11.6 Å². The number of amides is 2. The van der Waals surface area contributed by atoms with Gasteiger partial charge in [0.25, 0.3) is 0 Å². The first kappa shape index (κ1) is 22.7. The van der Waals surface area contributed by atoms with Gasteiger partial charge in [0.05, 0.1) is 30.6 Å². The molecule has 3 heterocycles. The number of rotatable bonds is 10. The van der Waals surface area contributed by atoms with E-state index in [4.69, 9.17) is 4.74 Å². The summed E-state index contributed by atoms with van der Waals surface area (Å²) in [7, 11) is 0. The molecule has 2 amide bonds. The molecule has 2 bridgehead atoms. The van der Waals surface area contributed by atoms with Crippen molar-refractivity contribution < 1.29 is 29.3 Å². The second-order valence-electron chi connectivity index (χ2n) is 8.80. The van der Waals surface area contributed by atoms with Crippen LogP contribution in [-0.4, -0.2) is 80.8 Å². The smallest absolute Gasteiger partial charge is 0.310 e. The number of carbonyl (C=O) groups excluding carboxylic acids is 2. The summed E-state index contributed by atoms with van der Waals surface area (Å²) < 4.78 is 6.20. The highest BCUT2D eigenvalue weighted by Crippen LogP contribution is 2.59. The summed E-state index contributed by atoms with van der Waals surface area (Å²) in [5.41, 5.74) is -1.14. The van der Waals surface area contributed by atoms with E-state index < -0.39 is 41.6 Å². The van der Waals surface area contributed by atoms with Crippen molar-refractivity contribution in [2.75, 3.05) is 13.2 Å². The molecule has 3 fully saturated rings. The Morgan fingerprint density at radius 3 is 2.67 bits per heavy atom. The molecule has 0 aromatic heterocycles. The van der Waals surface area contributed by atoms with Gasteiger partial charge in [-0.2, -0.15) is 0 Å². The van der Waals surface area contributed by atoms with Crippen molar-refractivity contribution in [3.63, 3.8) is 0 Å². The van der Waals surface area contributed by atoms with Gasteiger partial charge < -0.3 is 24.7 Å². The Bertz CT molecular complexity index is 708. The van der Waals surface area contributed by atoms with Crippen LogP contribution < -0.4 is 0 Å². The number of hydrogen-bond donors (Lipinski definition) is 2. The summed E-state index contributed by atoms with van der Waals surface area (Å²) in [4.78, 5) is 42.6. The summed E-state index contributed by atoms with van der Waals surface area (Å²) in [6.45, 7) is 9.68. The Labute approximate surface area is 177 Å². The lowest BCUT2D eigenvalue weighted by Crippen LogP contribution is -2.60. The van der Waals surface area contributed by atoms with Crippen molar-refractivity contribution in [2.24, 2.45) is 11.8 Å². The van der Waals surface area contributed by atoms with Gasteiger partial charge in [-0.05, 0) is 32.6 Å². The number of nitrogens with zero attached hydrogens (tertiary/aromatic N) is 2. The fourth-order valence-electron chi connectivity index (χ4n) is 5.82. The van der Waals surface area contributed by atoms with E-state index in [1.807, 2.05) is 20.8 Å². The SMILES string of the molecule is C=CCN(C(=O)[C@@H]1N([C@@H](CC)CO)C(=O)[C@H]2[C@H](C(=O)O)[C@@H]3CC[C@]12O3)C(C)CCC. The predicted molar refractivity (Wildman–Crippen MR) is 110 cm³/mol. The molecule has 1 unspecified atom stereocenters. The Morgan fingerprint density at radius 1 is 1.43 bits per heavy atom. The molecule has 0 radical (unpaired) electrons. The molecular weight excluding hydrogens is 388 g/mol. The van der Waals surface area contributed by atoms with E-state index in [9.17, 15) is 24.6 Å². The van der Waals surface area contributed by atoms with Crippen LogP contribution >= 0.6 is 0 Å². The first-order valence-electron chi connectivity index (χ1n) is 11.0. The van der Waals surface area contributed by atoms with Crippen molar-refractivity contribution >= 4 is 17.8 Å². The molecule has 8 heteroatoms. The summed E-state index contributed by atoms with van der Waals surface area (Å²) in [6.07, 6.45) is 4.26. The van der Waals surface area contributed by atoms with Gasteiger partial charge >= 0.3 is 5.97 Å². The van der Waals surface area contributed by atoms with Crippen LogP contribution in [0.2, 0.25) is 0 Å². The van der Waals surface area contributed by atoms with E-state index in [0.29, 0.717) is 25.8 Å². The van der Waals surface area contributed by atoms with Crippen LogP contribution in [0.3, 0.4) is 0 Å². The van der Waals surface area contributed by atoms with Crippen LogP contribution in [0.25, 0.3) is 0 Å². The molecular formula is C22H34N2O6. The zero-order valence-electron chi connectivity index (χ0n) is 18.1. The van der Waals surface area contributed by atoms with Crippen LogP contribution in [0.4, 0.5) is 0 Å². The fraction of sp³-hybridized carbons (Fsp3) is 0.773. The summed E-state index contributed by atoms with van der Waals surface area (Å²) in [5, 5.41) is 19.8. The maximum Gasteiger partial charge on any atom is 0.310 e. The van der Waals surface area contributed by atoms with E-state index in [0.717, 1.165) is 12.8 Å². The summed E-state index contributed by atoms with van der Waals surface area (Å²) in [5.74, 6) is -3.54. The normalized spacial score (nSPS) is 34.0. The van der Waals surface area contributed by atoms with E-state index in [-0.39, 0.29) is 24.5 Å². The van der Waals surface area contributed by atoms with E-state index >= 15 is 0 Å². The first-order valence-corrected chi connectivity index (χ1v) is 11.0. The van der Waals surface area contributed by atoms with Gasteiger partial charge in [-0.25, -0.2) is 0 Å². The highest BCUT2D eigenvalue weighted by molar-refractivity contribution is 5.98. The number of ether oxygens (including phenoxy) is 1. The molecule has 168 valence electrons. The van der Waals surface area contributed by atoms with Crippen LogP contribution in [0.1, 0.15) is 52.9 Å². The number of aliphatic hydroxyl groups is 1. The predicted octanol–water partition coefficient (Wildman–Crippen LogP) is 1.42. The van der Waals surface area contributed by atoms with Crippen molar-refractivity contribution in [3.05, 3.63) is 12.7 Å². The van der Waals surface area contributed by atoms with Gasteiger partial charge in [-0.3, -0.25) is 14.4 Å². The van der Waals surface area contributed by atoms with E-state index in [1.54, 1.807) is 11.0 Å². The minimum absolute atomic E-state index is 0.0593. The maximum absolute atomic E-state index is 13.9. The van der Waals surface area contributed by atoms with Gasteiger partial charge in [0.2, 0.25) is 11.8 Å². The van der Waals surface area contributed by atoms with Crippen molar-refractivity contribution in [2.45, 2.75) is 82.7 Å². The van der Waals surface area contributed by atoms with Crippen molar-refractivity contribution in [1.29, 1.82) is 0 Å². The standard InChI is InChI=1S/C22H34N2O6/c1-5-8-13(4)23(11-6-2)20(27)18-22-10-9-15(30-22)16(21(28)29)17(22)19(26)24(18)14(7-3)12-25/h6,13-18,25H,2,5,7-12H2,1,3-4H3,(H,28,29)/t13?,14-,15-,16+,17+,18-,22+/m0/s1. The van der Waals surface area contributed by atoms with Crippen LogP contribution in [-0.2, 0) is 19.1 Å². The Balaban J connectivity index is 2.08. The lowest BCUT2D eigenvalue weighted by molar-refractivity contribution is -0.154. The molecule has 3 aliphatic heterocycles. The monoisotopic (exact) mass is 422 g/mol. The Kier molecular flexibility index (Phi) is 6.57. The minimum Gasteiger partial charge on any atom is -0.481 e. The Morgan fingerprint density at radius 2 is 2.13 bits per heavy atom. The van der Waals surface area contributed by atoms with Gasteiger partial charge in [-0.1, -0.05) is 26.3 Å². The number of carbonyl (C=O) groups is 3. The highest BCUT2D eigenvalue weighted by Gasteiger charge is 2.75. The summed E-state index contributed by atoms with van der Waals surface area (Å²) in [6, 6.07) is -1.55. The number of carboxylic acids is 1. The lowest BCUT2D eigenvalue weighted by Gasteiger charge is -2.40. The largest absolute Gasteiger partial charge is 0.481 e. The fourth-order valence-corrected chi connectivity index (χ4v) is 5.82. The zero-order chi connectivity index (χ0) is 22.2. The summed E-state index contributed by atoms with van der Waals surface area (Å²) >= 11 is 0. The average molecular weight is 423 g/mol. The number of likely N-dealkylation sites (tertiary alicyclic amines) is 1. The first-order chi connectivity index (χ1) is 14.3. The maximum atomic E-state index is 13.9. The van der Waals surface area contributed by atoms with E-state index in [1.165, 1.54) is 4.90 Å². The number of hydrogen-bond acceptors (Lipinski definition) is 5. The third kappa shape index (κ3) is 3.24. The zero-order valence-corrected chi connectivity index (χ0v) is 18.1. The van der Waals surface area contributed by atoms with Gasteiger partial charge in [-0.15, -0.1) is 6.58 Å². The van der Waals surface area contributed by atoms with Crippen LogP contribution in [0, 0.1) is 11.8 Å². The molecule has 3 aliphatic rings. The minimum atomic E-state index is -1.14. The second-order valence-corrected chi connectivity index (χ2v) is 8.80.